The molecule has 2 rings (SSSR count). The highest BCUT2D eigenvalue weighted by Crippen LogP contribution is 2.20. The molecule has 0 bridgehead atoms. The molecule has 0 aliphatic heterocycles. The fourth-order valence-corrected chi connectivity index (χ4v) is 1.74. The van der Waals surface area contributed by atoms with E-state index in [-0.39, 0.29) is 16.8 Å². The molecule has 0 heterocycles. The van der Waals surface area contributed by atoms with E-state index in [1.165, 1.54) is 19.1 Å². The fraction of sp³-hybridized carbons (Fsp3) is 0.133. The van der Waals surface area contributed by atoms with Gasteiger partial charge in [-0.05, 0) is 37.6 Å². The molecule has 2 aromatic rings. The van der Waals surface area contributed by atoms with E-state index in [4.69, 9.17) is 0 Å². The van der Waals surface area contributed by atoms with Crippen molar-refractivity contribution in [2.45, 2.75) is 13.8 Å². The van der Waals surface area contributed by atoms with Crippen molar-refractivity contribution in [3.05, 3.63) is 64.5 Å². The number of halogens is 3. The van der Waals surface area contributed by atoms with Gasteiger partial charge in [-0.1, -0.05) is 11.6 Å². The Morgan fingerprint density at radius 2 is 1.65 bits per heavy atom. The molecular weight excluding hydrogens is 267 g/mol. The number of carbonyl (C=O) groups is 1. The number of hydrogen-bond acceptors (Lipinski definition) is 1. The lowest BCUT2D eigenvalue weighted by molar-refractivity contribution is 0.102. The molecule has 0 aliphatic carbocycles. The zero-order valence-corrected chi connectivity index (χ0v) is 10.9. The van der Waals surface area contributed by atoms with Crippen molar-refractivity contribution in [1.82, 2.24) is 0 Å². The molecule has 0 saturated heterocycles. The number of amides is 1. The van der Waals surface area contributed by atoms with Gasteiger partial charge in [-0.2, -0.15) is 0 Å². The molecular formula is C15H12F3NO. The first-order chi connectivity index (χ1) is 9.38. The molecule has 0 aromatic heterocycles. The molecule has 104 valence electrons. The highest BCUT2D eigenvalue weighted by Gasteiger charge is 2.15. The molecule has 0 aliphatic rings. The average molecular weight is 279 g/mol. The predicted octanol–water partition coefficient (Wildman–Crippen LogP) is 3.97. The molecule has 0 unspecified atom stereocenters. The Morgan fingerprint density at radius 3 is 2.35 bits per heavy atom. The first-order valence-corrected chi connectivity index (χ1v) is 5.91. The topological polar surface area (TPSA) is 29.1 Å². The average Bonchev–Trinajstić information content (AvgIpc) is 2.38. The summed E-state index contributed by atoms with van der Waals surface area (Å²) >= 11 is 0. The molecule has 20 heavy (non-hydrogen) atoms. The van der Waals surface area contributed by atoms with Gasteiger partial charge >= 0.3 is 0 Å². The van der Waals surface area contributed by atoms with Gasteiger partial charge in [-0.3, -0.25) is 4.79 Å². The lowest BCUT2D eigenvalue weighted by Gasteiger charge is -2.09. The Bertz CT molecular complexity index is 683. The van der Waals surface area contributed by atoms with Crippen molar-refractivity contribution >= 4 is 11.6 Å². The summed E-state index contributed by atoms with van der Waals surface area (Å²) in [5, 5.41) is 2.17. The number of anilines is 1. The Morgan fingerprint density at radius 1 is 0.950 bits per heavy atom. The van der Waals surface area contributed by atoms with Crippen LogP contribution in [0.15, 0.2) is 30.3 Å². The van der Waals surface area contributed by atoms with Crippen molar-refractivity contribution in [3.8, 4) is 0 Å². The summed E-state index contributed by atoms with van der Waals surface area (Å²) in [4.78, 5) is 11.9. The Kier molecular flexibility index (Phi) is 3.79. The van der Waals surface area contributed by atoms with Gasteiger partial charge < -0.3 is 5.32 Å². The third-order valence-corrected chi connectivity index (χ3v) is 2.86. The van der Waals surface area contributed by atoms with Gasteiger partial charge in [0.05, 0.1) is 11.3 Å². The zero-order valence-electron chi connectivity index (χ0n) is 10.9. The van der Waals surface area contributed by atoms with Crippen LogP contribution in [0, 0.1) is 31.3 Å². The summed E-state index contributed by atoms with van der Waals surface area (Å²) in [5.74, 6) is -2.97. The molecule has 0 spiro atoms. The number of aryl methyl sites for hydroxylation is 2. The maximum Gasteiger partial charge on any atom is 0.258 e. The third kappa shape index (κ3) is 2.82. The summed E-state index contributed by atoms with van der Waals surface area (Å²) in [6, 6.07) is 5.84. The van der Waals surface area contributed by atoms with Crippen LogP contribution >= 0.6 is 0 Å². The lowest BCUT2D eigenvalue weighted by atomic mass is 10.1. The van der Waals surface area contributed by atoms with Crippen molar-refractivity contribution in [1.29, 1.82) is 0 Å². The highest BCUT2D eigenvalue weighted by molar-refractivity contribution is 6.04. The smallest absolute Gasteiger partial charge is 0.258 e. The van der Waals surface area contributed by atoms with E-state index in [0.717, 1.165) is 18.2 Å². The second-order valence-electron chi connectivity index (χ2n) is 4.52. The van der Waals surface area contributed by atoms with Crippen LogP contribution in [0.25, 0.3) is 0 Å². The number of nitrogens with one attached hydrogen (secondary N) is 1. The second kappa shape index (κ2) is 5.36. The SMILES string of the molecule is Cc1ccc(F)c(C(=O)Nc2cc(F)c(C)cc2F)c1. The first kappa shape index (κ1) is 14.1. The molecule has 2 nitrogen and oxygen atoms in total. The molecule has 1 N–H and O–H groups in total. The zero-order chi connectivity index (χ0) is 14.9. The normalized spacial score (nSPS) is 10.4. The molecule has 0 saturated carbocycles. The minimum atomic E-state index is -0.826. The maximum absolute atomic E-state index is 13.6. The maximum atomic E-state index is 13.6. The first-order valence-electron chi connectivity index (χ1n) is 5.91. The monoisotopic (exact) mass is 279 g/mol. The number of carbonyl (C=O) groups excluding carboxylic acids is 1. The van der Waals surface area contributed by atoms with Crippen LogP contribution in [-0.2, 0) is 0 Å². The molecule has 1 amide bonds. The predicted molar refractivity (Wildman–Crippen MR) is 70.2 cm³/mol. The van der Waals surface area contributed by atoms with Crippen molar-refractivity contribution in [2.75, 3.05) is 5.32 Å². The van der Waals surface area contributed by atoms with Crippen LogP contribution in [0.3, 0.4) is 0 Å². The Hall–Kier alpha value is -2.30. The highest BCUT2D eigenvalue weighted by atomic mass is 19.1. The van der Waals surface area contributed by atoms with Gasteiger partial charge in [0.15, 0.2) is 0 Å². The van der Waals surface area contributed by atoms with Gasteiger partial charge in [0.25, 0.3) is 5.91 Å². The van der Waals surface area contributed by atoms with Gasteiger partial charge in [0.2, 0.25) is 0 Å². The van der Waals surface area contributed by atoms with E-state index in [9.17, 15) is 18.0 Å². The summed E-state index contributed by atoms with van der Waals surface area (Å²) in [7, 11) is 0. The largest absolute Gasteiger partial charge is 0.319 e. The molecule has 0 radical (unpaired) electrons. The van der Waals surface area contributed by atoms with E-state index < -0.39 is 23.4 Å². The lowest BCUT2D eigenvalue weighted by Crippen LogP contribution is -2.15. The molecule has 5 heteroatoms. The van der Waals surface area contributed by atoms with E-state index in [1.807, 2.05) is 0 Å². The van der Waals surface area contributed by atoms with Crippen LogP contribution < -0.4 is 5.32 Å². The van der Waals surface area contributed by atoms with Crippen molar-refractivity contribution in [3.63, 3.8) is 0 Å². The van der Waals surface area contributed by atoms with Crippen LogP contribution in [0.2, 0.25) is 0 Å². The standard InChI is InChI=1S/C15H12F3NO/c1-8-3-4-11(16)10(5-8)15(20)19-14-7-12(17)9(2)6-13(14)18/h3-7H,1-2H3,(H,19,20). The summed E-state index contributed by atoms with van der Waals surface area (Å²) in [6.45, 7) is 3.10. The molecule has 0 fully saturated rings. The van der Waals surface area contributed by atoms with Gasteiger partial charge in [0, 0.05) is 6.07 Å². The number of benzene rings is 2. The van der Waals surface area contributed by atoms with Crippen molar-refractivity contribution < 1.29 is 18.0 Å². The second-order valence-corrected chi connectivity index (χ2v) is 4.52. The minimum absolute atomic E-state index is 0.127. The quantitative estimate of drug-likeness (QED) is 0.885. The van der Waals surface area contributed by atoms with Gasteiger partial charge in [-0.15, -0.1) is 0 Å². The van der Waals surface area contributed by atoms with Gasteiger partial charge in [-0.25, -0.2) is 13.2 Å². The van der Waals surface area contributed by atoms with Crippen LogP contribution in [0.4, 0.5) is 18.9 Å². The van der Waals surface area contributed by atoms with Crippen LogP contribution in [0.5, 0.6) is 0 Å². The summed E-state index contributed by atoms with van der Waals surface area (Å²) < 4.78 is 40.5. The van der Waals surface area contributed by atoms with E-state index in [2.05, 4.69) is 5.32 Å². The van der Waals surface area contributed by atoms with E-state index >= 15 is 0 Å². The Balaban J connectivity index is 2.32. The fourth-order valence-electron chi connectivity index (χ4n) is 1.74. The van der Waals surface area contributed by atoms with Crippen LogP contribution in [-0.4, -0.2) is 5.91 Å². The van der Waals surface area contributed by atoms with Gasteiger partial charge in [0.1, 0.15) is 17.5 Å². The Labute approximate surface area is 114 Å². The van der Waals surface area contributed by atoms with Crippen molar-refractivity contribution in [2.24, 2.45) is 0 Å². The third-order valence-electron chi connectivity index (χ3n) is 2.86. The number of rotatable bonds is 2. The molecule has 2 aromatic carbocycles. The minimum Gasteiger partial charge on any atom is -0.319 e. The number of hydrogen-bond donors (Lipinski definition) is 1. The molecule has 0 atom stereocenters. The summed E-state index contributed by atoms with van der Waals surface area (Å²) in [5.41, 5.74) is 0.277. The van der Waals surface area contributed by atoms with Crippen LogP contribution in [0.1, 0.15) is 21.5 Å². The van der Waals surface area contributed by atoms with E-state index in [1.54, 1.807) is 6.92 Å². The summed E-state index contributed by atoms with van der Waals surface area (Å²) in [6.07, 6.45) is 0. The van der Waals surface area contributed by atoms with E-state index in [0.29, 0.717) is 5.56 Å².